The molecule has 1 aliphatic heterocycles. The molecule has 12 aromatic carbocycles. The van der Waals surface area contributed by atoms with Crippen LogP contribution in [-0.4, -0.2) is 71.0 Å². The number of fused-ring (bicyclic) bond motifs is 16. The minimum atomic E-state index is -3.83. The molecule has 14 nitrogen and oxygen atoms in total. The van der Waals surface area contributed by atoms with Crippen molar-refractivity contribution in [2.75, 3.05) is 0 Å². The van der Waals surface area contributed by atoms with E-state index < -0.39 is 27.2 Å². The van der Waals surface area contributed by atoms with Gasteiger partial charge in [0.25, 0.3) is 20.0 Å². The Labute approximate surface area is 590 Å². The minimum Gasteiger partial charge on any atom is -0.399 e. The van der Waals surface area contributed by atoms with Gasteiger partial charge < -0.3 is 9.31 Å². The average molecular weight is 1460 g/mol. The Hall–Kier alpha value is -10.6. The van der Waals surface area contributed by atoms with Gasteiger partial charge in [0.05, 0.1) is 87.2 Å². The highest BCUT2D eigenvalue weighted by Crippen LogP contribution is 2.41. The van der Waals surface area contributed by atoms with Gasteiger partial charge in [0.1, 0.15) is 0 Å². The van der Waals surface area contributed by atoms with Crippen LogP contribution in [0.3, 0.4) is 0 Å². The number of benzene rings is 12. The molecule has 1 saturated heterocycles. The summed E-state index contributed by atoms with van der Waals surface area (Å²) in [6.07, 6.45) is 0. The SMILES string of the molecule is CC1(C)OB(c2ccc3c(c2)n2c4ccccc4nc2n3-c2ccccc2)OC1(C)C.Cc1ccc(S(=O)(=O)n2c3ccccc3c3cc(-c4ccc5c(c4)n4c6ccccc6nc4n5-c4ccccc4)ccc32)cc1.Cc1ccc(S(=O)(=O)n2c3ccccc3c3cc(I)ccc32)cc1. The Balaban J connectivity index is 0.000000119. The zero-order valence-corrected chi connectivity index (χ0v) is 59.1. The van der Waals surface area contributed by atoms with Crippen molar-refractivity contribution in [3.8, 4) is 22.5 Å². The van der Waals surface area contributed by atoms with Crippen molar-refractivity contribution < 1.29 is 26.1 Å². The standard InChI is InChI=1S/C38H26N4O2S.C25H24BN3O2.C19H14INO2S/c1-25-15-19-29(20-16-25)45(43,44)42-33-13-7-5-11-30(33)31-23-26(17-21-34(31)42)27-18-22-36-37(24-27)41-35-14-8-6-12-32(35)39-38(41)40(36)28-9-3-2-4-10-28;1-24(2)25(3,4)31-26(30-24)17-14-15-21-22(16-17)29-20-13-9-8-12-19(20)27-23(29)28(21)18-10-6-5-7-11-18;1-13-6-9-15(10-7-13)24(22,23)21-18-5-3-2-4-16(18)17-12-14(20)8-11-19(17)21/h2-24H,1H3;5-16H,1-4H3;2-12H,1H3. The fraction of sp³-hybridized carbons (Fsp3) is 0.0976. The highest BCUT2D eigenvalue weighted by molar-refractivity contribution is 14.1. The van der Waals surface area contributed by atoms with Crippen LogP contribution < -0.4 is 5.46 Å². The molecule has 0 amide bonds. The maximum Gasteiger partial charge on any atom is 0.494 e. The molecule has 6 aromatic heterocycles. The van der Waals surface area contributed by atoms with Gasteiger partial charge in [0.2, 0.25) is 11.6 Å². The van der Waals surface area contributed by atoms with Gasteiger partial charge in [-0.25, -0.2) is 34.7 Å². The maximum atomic E-state index is 14.0. The summed E-state index contributed by atoms with van der Waals surface area (Å²) in [5.74, 6) is 1.75. The number of para-hydroxylation sites is 8. The molecule has 0 unspecified atom stereocenters. The van der Waals surface area contributed by atoms with Crippen LogP contribution in [-0.2, 0) is 29.4 Å². The molecule has 0 saturated carbocycles. The Morgan fingerprint density at radius 1 is 0.360 bits per heavy atom. The van der Waals surface area contributed by atoms with Crippen LogP contribution in [0.2, 0.25) is 0 Å². The highest BCUT2D eigenvalue weighted by Gasteiger charge is 2.52. The monoisotopic (exact) mass is 1460 g/mol. The predicted molar refractivity (Wildman–Crippen MR) is 413 cm³/mol. The molecule has 18 heteroatoms. The van der Waals surface area contributed by atoms with E-state index in [0.29, 0.717) is 27.0 Å². The zero-order chi connectivity index (χ0) is 68.6. The number of hydrogen-bond donors (Lipinski definition) is 0. The van der Waals surface area contributed by atoms with Gasteiger partial charge in [-0.3, -0.25) is 17.9 Å². The largest absolute Gasteiger partial charge is 0.494 e. The van der Waals surface area contributed by atoms with E-state index in [1.54, 1.807) is 24.3 Å². The van der Waals surface area contributed by atoms with Crippen LogP contribution in [0, 0.1) is 17.4 Å². The van der Waals surface area contributed by atoms with Gasteiger partial charge in [-0.05, 0) is 220 Å². The van der Waals surface area contributed by atoms with E-state index in [9.17, 15) is 16.8 Å². The van der Waals surface area contributed by atoms with Gasteiger partial charge in [0.15, 0.2) is 0 Å². The van der Waals surface area contributed by atoms with Crippen molar-refractivity contribution >= 4 is 155 Å². The number of aryl methyl sites for hydroxylation is 2. The van der Waals surface area contributed by atoms with Crippen molar-refractivity contribution in [2.45, 2.75) is 62.5 Å². The number of aromatic nitrogens is 8. The second kappa shape index (κ2) is 23.8. The molecule has 0 radical (unpaired) electrons. The van der Waals surface area contributed by atoms with E-state index in [2.05, 4.69) is 171 Å². The van der Waals surface area contributed by atoms with E-state index in [-0.39, 0.29) is 16.1 Å². The lowest BCUT2D eigenvalue weighted by Crippen LogP contribution is -2.41. The first-order valence-electron chi connectivity index (χ1n) is 33.0. The molecule has 1 fully saturated rings. The molecule has 7 heterocycles. The van der Waals surface area contributed by atoms with Crippen LogP contribution in [0.4, 0.5) is 0 Å². The first kappa shape index (κ1) is 62.9. The topological polar surface area (TPSA) is 141 Å². The van der Waals surface area contributed by atoms with Crippen molar-refractivity contribution in [3.05, 3.63) is 294 Å². The molecule has 18 aromatic rings. The Kier molecular flexibility index (Phi) is 15.0. The molecule has 0 bridgehead atoms. The zero-order valence-electron chi connectivity index (χ0n) is 55.4. The summed E-state index contributed by atoms with van der Waals surface area (Å²) in [6, 6.07) is 91.3. The molecule has 19 rings (SSSR count). The van der Waals surface area contributed by atoms with E-state index >= 15 is 0 Å². The lowest BCUT2D eigenvalue weighted by atomic mass is 9.79. The normalized spacial score (nSPS) is 14.0. The molecular formula is C82H64BIN8O6S2. The summed E-state index contributed by atoms with van der Waals surface area (Å²) in [6.45, 7) is 12.2. The molecule has 0 spiro atoms. The van der Waals surface area contributed by atoms with E-state index in [1.165, 1.54) is 7.94 Å². The van der Waals surface area contributed by atoms with E-state index in [4.69, 9.17) is 19.3 Å². The lowest BCUT2D eigenvalue weighted by molar-refractivity contribution is 0.00578. The number of imidazole rings is 4. The number of nitrogens with zero attached hydrogens (tertiary/aromatic N) is 8. The van der Waals surface area contributed by atoms with E-state index in [0.717, 1.165) is 120 Å². The molecular weight excluding hydrogens is 1390 g/mol. The molecule has 0 N–H and O–H groups in total. The van der Waals surface area contributed by atoms with Crippen LogP contribution in [0.25, 0.3) is 122 Å². The second-order valence-electron chi connectivity index (χ2n) is 26.4. The summed E-state index contributed by atoms with van der Waals surface area (Å²) in [5, 5.41) is 3.68. The Morgan fingerprint density at radius 3 is 1.23 bits per heavy atom. The van der Waals surface area contributed by atoms with Crippen molar-refractivity contribution in [3.63, 3.8) is 0 Å². The summed E-state index contributed by atoms with van der Waals surface area (Å²) in [7, 11) is -7.90. The fourth-order valence-corrected chi connectivity index (χ4v) is 17.5. The van der Waals surface area contributed by atoms with Crippen molar-refractivity contribution in [1.29, 1.82) is 0 Å². The van der Waals surface area contributed by atoms with Crippen molar-refractivity contribution in [2.24, 2.45) is 0 Å². The summed E-state index contributed by atoms with van der Waals surface area (Å²) < 4.78 is 80.1. The summed E-state index contributed by atoms with van der Waals surface area (Å²) in [5.41, 5.74) is 17.5. The van der Waals surface area contributed by atoms with Crippen LogP contribution in [0.15, 0.2) is 289 Å². The van der Waals surface area contributed by atoms with Crippen molar-refractivity contribution in [1.82, 2.24) is 35.8 Å². The molecule has 1 aliphatic rings. The highest BCUT2D eigenvalue weighted by atomic mass is 127. The predicted octanol–water partition coefficient (Wildman–Crippen LogP) is 18.4. The van der Waals surface area contributed by atoms with Gasteiger partial charge in [-0.2, -0.15) is 0 Å². The molecule has 490 valence electrons. The Morgan fingerprint density at radius 2 is 0.740 bits per heavy atom. The molecule has 100 heavy (non-hydrogen) atoms. The third-order valence-electron chi connectivity index (χ3n) is 19.6. The smallest absolute Gasteiger partial charge is 0.399 e. The van der Waals surface area contributed by atoms with Gasteiger partial charge in [-0.1, -0.05) is 151 Å². The van der Waals surface area contributed by atoms with Gasteiger partial charge in [0, 0.05) is 36.5 Å². The van der Waals surface area contributed by atoms with Crippen LogP contribution >= 0.6 is 22.6 Å². The summed E-state index contributed by atoms with van der Waals surface area (Å²) >= 11 is 2.25. The van der Waals surface area contributed by atoms with E-state index in [1.807, 2.05) is 166 Å². The third kappa shape index (κ3) is 10.2. The lowest BCUT2D eigenvalue weighted by Gasteiger charge is -2.32. The number of halogens is 1. The average Bonchev–Trinajstić information content (AvgIpc) is 1.58. The first-order chi connectivity index (χ1) is 48.3. The second-order valence-corrected chi connectivity index (χ2v) is 31.3. The Bertz CT molecular complexity index is 6540. The van der Waals surface area contributed by atoms with Gasteiger partial charge in [-0.15, -0.1) is 0 Å². The number of hydrogen-bond acceptors (Lipinski definition) is 8. The first-order valence-corrected chi connectivity index (χ1v) is 37.0. The quantitative estimate of drug-likeness (QED) is 0.108. The number of rotatable bonds is 8. The van der Waals surface area contributed by atoms with Gasteiger partial charge >= 0.3 is 7.12 Å². The summed E-state index contributed by atoms with van der Waals surface area (Å²) in [4.78, 5) is 10.6. The van der Waals surface area contributed by atoms with Crippen LogP contribution in [0.5, 0.6) is 0 Å². The fourth-order valence-electron chi connectivity index (χ4n) is 14.0. The molecule has 0 aliphatic carbocycles. The molecule has 0 atom stereocenters. The third-order valence-corrected chi connectivity index (χ3v) is 23.8. The van der Waals surface area contributed by atoms with Crippen LogP contribution in [0.1, 0.15) is 38.8 Å². The maximum absolute atomic E-state index is 14.0. The minimum absolute atomic E-state index is 0.268.